The minimum atomic E-state index is -0.496. The summed E-state index contributed by atoms with van der Waals surface area (Å²) in [4.78, 5) is 24.8. The van der Waals surface area contributed by atoms with E-state index in [0.717, 1.165) is 5.56 Å². The zero-order valence-corrected chi connectivity index (χ0v) is 13.8. The number of anilines is 2. The third kappa shape index (κ3) is 3.06. The topological polar surface area (TPSA) is 84.5 Å². The summed E-state index contributed by atoms with van der Waals surface area (Å²) in [5, 5.41) is 12.0. The van der Waals surface area contributed by atoms with Crippen LogP contribution in [0.5, 0.6) is 0 Å². The lowest BCUT2D eigenvalue weighted by Gasteiger charge is -2.12. The smallest absolute Gasteiger partial charge is 0.255 e. The Balaban J connectivity index is 2.26. The molecule has 6 nitrogen and oxygen atoms in total. The molecule has 0 fully saturated rings. The van der Waals surface area contributed by atoms with E-state index in [1.807, 2.05) is 0 Å². The average Bonchev–Trinajstić information content (AvgIpc) is 2.57. The summed E-state index contributed by atoms with van der Waals surface area (Å²) in [7, 11) is 1.48. The zero-order chi connectivity index (χ0) is 18.1. The molecule has 7 heteroatoms. The Bertz CT molecular complexity index is 1070. The van der Waals surface area contributed by atoms with Crippen LogP contribution in [0.4, 0.5) is 15.8 Å². The number of aliphatic hydroxyl groups is 1. The average molecular weight is 344 g/mol. The van der Waals surface area contributed by atoms with Crippen LogP contribution in [-0.2, 0) is 13.5 Å². The first-order chi connectivity index (χ1) is 11.9. The molecule has 0 aliphatic rings. The molecule has 0 amide bonds. The van der Waals surface area contributed by atoms with Crippen LogP contribution < -0.4 is 16.3 Å². The summed E-state index contributed by atoms with van der Waals surface area (Å²) in [5.74, 6) is -0.496. The number of nitrogens with one attached hydrogen (secondary N) is 1. The molecule has 25 heavy (non-hydrogen) atoms. The summed E-state index contributed by atoms with van der Waals surface area (Å²) in [6.45, 7) is 1.55. The van der Waals surface area contributed by atoms with Gasteiger partial charge in [-0.15, -0.1) is 0 Å². The van der Waals surface area contributed by atoms with Gasteiger partial charge in [0.25, 0.3) is 5.56 Å². The largest absolute Gasteiger partial charge is 0.447 e. The van der Waals surface area contributed by atoms with Crippen LogP contribution in [0.3, 0.4) is 0 Å². The summed E-state index contributed by atoms with van der Waals surface area (Å²) in [5.41, 5.74) is 0.639. The van der Waals surface area contributed by atoms with Gasteiger partial charge in [0, 0.05) is 31.7 Å². The first-order valence-corrected chi connectivity index (χ1v) is 7.71. The highest BCUT2D eigenvalue weighted by Crippen LogP contribution is 2.25. The predicted molar refractivity (Wildman–Crippen MR) is 92.9 cm³/mol. The van der Waals surface area contributed by atoms with Gasteiger partial charge in [-0.3, -0.25) is 14.2 Å². The monoisotopic (exact) mass is 344 g/mol. The molecule has 0 aliphatic heterocycles. The second-order valence-corrected chi connectivity index (χ2v) is 5.81. The quantitative estimate of drug-likeness (QED) is 0.758. The van der Waals surface area contributed by atoms with Crippen molar-refractivity contribution in [3.05, 3.63) is 68.0 Å². The van der Waals surface area contributed by atoms with Gasteiger partial charge >= 0.3 is 0 Å². The standard InChI is InChI=1S/C18H17FN2O4/c1-10-3-4-13(12(19)7-10)20-14-8-15(23)21(2)18-16(14)17(24)11(5-6-22)9-25-18/h3-4,7-9,20,22H,5-6H2,1-2H3. The van der Waals surface area contributed by atoms with Crippen LogP contribution in [0.2, 0.25) is 0 Å². The van der Waals surface area contributed by atoms with Gasteiger partial charge in [-0.2, -0.15) is 0 Å². The normalized spacial score (nSPS) is 11.0. The molecule has 0 unspecified atom stereocenters. The molecule has 0 bridgehead atoms. The van der Waals surface area contributed by atoms with Crippen LogP contribution in [0, 0.1) is 12.7 Å². The Morgan fingerprint density at radius 2 is 2.00 bits per heavy atom. The van der Waals surface area contributed by atoms with Crippen LogP contribution in [0.25, 0.3) is 11.1 Å². The van der Waals surface area contributed by atoms with Crippen molar-refractivity contribution in [2.24, 2.45) is 7.05 Å². The van der Waals surface area contributed by atoms with Gasteiger partial charge in [-0.1, -0.05) is 6.07 Å². The van der Waals surface area contributed by atoms with Gasteiger partial charge in [0.2, 0.25) is 5.71 Å². The van der Waals surface area contributed by atoms with Crippen LogP contribution >= 0.6 is 0 Å². The number of rotatable bonds is 4. The Kier molecular flexibility index (Phi) is 4.41. The summed E-state index contributed by atoms with van der Waals surface area (Å²) in [6, 6.07) is 5.83. The van der Waals surface area contributed by atoms with E-state index in [1.165, 1.54) is 36.1 Å². The molecule has 2 aromatic heterocycles. The molecule has 0 atom stereocenters. The van der Waals surface area contributed by atoms with E-state index in [1.54, 1.807) is 13.0 Å². The number of hydrogen-bond acceptors (Lipinski definition) is 5. The maximum atomic E-state index is 14.1. The number of hydrogen-bond donors (Lipinski definition) is 2. The van der Waals surface area contributed by atoms with Gasteiger partial charge in [0.1, 0.15) is 17.5 Å². The van der Waals surface area contributed by atoms with Crippen molar-refractivity contribution in [1.82, 2.24) is 4.57 Å². The number of aliphatic hydroxyl groups excluding tert-OH is 1. The highest BCUT2D eigenvalue weighted by atomic mass is 19.1. The number of nitrogens with zero attached hydrogens (tertiary/aromatic N) is 1. The van der Waals surface area contributed by atoms with Gasteiger partial charge in [0.15, 0.2) is 5.43 Å². The lowest BCUT2D eigenvalue weighted by Crippen LogP contribution is -2.21. The molecule has 2 N–H and O–H groups in total. The van der Waals surface area contributed by atoms with Gasteiger partial charge in [-0.05, 0) is 24.6 Å². The second-order valence-electron chi connectivity index (χ2n) is 5.81. The van der Waals surface area contributed by atoms with Crippen molar-refractivity contribution in [2.45, 2.75) is 13.3 Å². The van der Waals surface area contributed by atoms with Crippen molar-refractivity contribution in [2.75, 3.05) is 11.9 Å². The lowest BCUT2D eigenvalue weighted by atomic mass is 10.1. The van der Waals surface area contributed by atoms with E-state index in [-0.39, 0.29) is 46.5 Å². The first kappa shape index (κ1) is 16.9. The molecule has 3 rings (SSSR count). The molecule has 0 radical (unpaired) electrons. The minimum Gasteiger partial charge on any atom is -0.447 e. The fourth-order valence-corrected chi connectivity index (χ4v) is 2.63. The fraction of sp³-hybridized carbons (Fsp3) is 0.222. The van der Waals surface area contributed by atoms with Crippen molar-refractivity contribution in [3.8, 4) is 0 Å². The van der Waals surface area contributed by atoms with E-state index in [0.29, 0.717) is 0 Å². The molecule has 3 aromatic rings. The first-order valence-electron chi connectivity index (χ1n) is 7.71. The SMILES string of the molecule is Cc1ccc(Nc2cc(=O)n(C)c3occ(CCO)c(=O)c23)c(F)c1. The van der Waals surface area contributed by atoms with Gasteiger partial charge in [-0.25, -0.2) is 4.39 Å². The van der Waals surface area contributed by atoms with Gasteiger partial charge < -0.3 is 14.8 Å². The third-order valence-corrected chi connectivity index (χ3v) is 3.99. The van der Waals surface area contributed by atoms with Crippen molar-refractivity contribution < 1.29 is 13.9 Å². The molecule has 0 saturated heterocycles. The Hall–Kier alpha value is -2.93. The molecule has 1 aromatic carbocycles. The number of aryl methyl sites for hydroxylation is 2. The van der Waals surface area contributed by atoms with Crippen LogP contribution in [0.15, 0.2) is 44.5 Å². The number of benzene rings is 1. The number of pyridine rings is 1. The van der Waals surface area contributed by atoms with Crippen LogP contribution in [0.1, 0.15) is 11.1 Å². The number of aromatic nitrogens is 1. The minimum absolute atomic E-state index is 0.0780. The Morgan fingerprint density at radius 1 is 1.24 bits per heavy atom. The predicted octanol–water partition coefficient (Wildman–Crippen LogP) is 2.22. The van der Waals surface area contributed by atoms with Crippen LogP contribution in [-0.4, -0.2) is 16.3 Å². The zero-order valence-electron chi connectivity index (χ0n) is 13.8. The van der Waals surface area contributed by atoms with Crippen molar-refractivity contribution >= 4 is 22.5 Å². The molecule has 0 aliphatic carbocycles. The summed E-state index contributed by atoms with van der Waals surface area (Å²) < 4.78 is 20.8. The molecule has 130 valence electrons. The fourth-order valence-electron chi connectivity index (χ4n) is 2.63. The summed E-state index contributed by atoms with van der Waals surface area (Å²) in [6.07, 6.45) is 1.36. The Labute approximate surface area is 142 Å². The maximum absolute atomic E-state index is 14.1. The molecule has 2 heterocycles. The van der Waals surface area contributed by atoms with E-state index < -0.39 is 11.4 Å². The lowest BCUT2D eigenvalue weighted by molar-refractivity contribution is 0.298. The number of halogens is 1. The number of fused-ring (bicyclic) bond motifs is 1. The van der Waals surface area contributed by atoms with Gasteiger partial charge in [0.05, 0.1) is 11.4 Å². The Morgan fingerprint density at radius 3 is 2.68 bits per heavy atom. The van der Waals surface area contributed by atoms with E-state index in [9.17, 15) is 14.0 Å². The van der Waals surface area contributed by atoms with E-state index in [4.69, 9.17) is 9.52 Å². The molecular formula is C18H17FN2O4. The van der Waals surface area contributed by atoms with E-state index >= 15 is 0 Å². The molecule has 0 spiro atoms. The molecule has 0 saturated carbocycles. The van der Waals surface area contributed by atoms with E-state index in [2.05, 4.69) is 5.32 Å². The van der Waals surface area contributed by atoms with Crippen molar-refractivity contribution in [3.63, 3.8) is 0 Å². The second kappa shape index (κ2) is 6.52. The third-order valence-electron chi connectivity index (χ3n) is 3.99. The van der Waals surface area contributed by atoms with Crippen molar-refractivity contribution in [1.29, 1.82) is 0 Å². The molecular weight excluding hydrogens is 327 g/mol. The highest BCUT2D eigenvalue weighted by Gasteiger charge is 2.16. The summed E-state index contributed by atoms with van der Waals surface area (Å²) >= 11 is 0. The maximum Gasteiger partial charge on any atom is 0.255 e. The highest BCUT2D eigenvalue weighted by molar-refractivity contribution is 5.90.